The monoisotopic (exact) mass is 462 g/mol. The van der Waals surface area contributed by atoms with Gasteiger partial charge in [-0.05, 0) is 28.8 Å². The molecule has 3 N–H and O–H groups in total. The fraction of sp³-hybridized carbons (Fsp3) is 0.364. The fourth-order valence-electron chi connectivity index (χ4n) is 3.16. The smallest absolute Gasteiger partial charge is 0.222 e. The normalized spacial score (nSPS) is 13.9. The molecule has 2 unspecified atom stereocenters. The summed E-state index contributed by atoms with van der Waals surface area (Å²) in [6, 6.07) is 9.74. The van der Waals surface area contributed by atoms with Crippen LogP contribution >= 0.6 is 0 Å². The molecule has 1 amide bonds. The number of benzene rings is 1. The van der Waals surface area contributed by atoms with Crippen LogP contribution in [-0.2, 0) is 21.4 Å². The highest BCUT2D eigenvalue weighted by molar-refractivity contribution is 7.88. The van der Waals surface area contributed by atoms with Crippen LogP contribution in [0.5, 0.6) is 0 Å². The Kier molecular flexibility index (Phi) is 7.27. The molecule has 0 saturated heterocycles. The second-order valence-corrected chi connectivity index (χ2v) is 9.83. The van der Waals surface area contributed by atoms with E-state index in [9.17, 15) is 22.7 Å². The Morgan fingerprint density at radius 1 is 1.19 bits per heavy atom. The fourth-order valence-corrected chi connectivity index (χ4v) is 3.57. The molecule has 10 heteroatoms. The first-order valence-electron chi connectivity index (χ1n) is 10.1. The Bertz CT molecular complexity index is 1190. The summed E-state index contributed by atoms with van der Waals surface area (Å²) in [7, 11) is -3.31. The zero-order chi connectivity index (χ0) is 23.5. The number of amides is 1. The van der Waals surface area contributed by atoms with Gasteiger partial charge in [-0.1, -0.05) is 38.1 Å². The van der Waals surface area contributed by atoms with Gasteiger partial charge in [0.1, 0.15) is 18.4 Å². The van der Waals surface area contributed by atoms with Crippen molar-refractivity contribution in [2.45, 2.75) is 32.5 Å². The van der Waals surface area contributed by atoms with Crippen molar-refractivity contribution >= 4 is 21.6 Å². The van der Waals surface area contributed by atoms with E-state index in [1.54, 1.807) is 48.7 Å². The summed E-state index contributed by atoms with van der Waals surface area (Å²) >= 11 is 0. The van der Waals surface area contributed by atoms with Gasteiger partial charge in [-0.15, -0.1) is 0 Å². The summed E-state index contributed by atoms with van der Waals surface area (Å²) in [6.45, 7) is 2.63. The maximum absolute atomic E-state index is 13.4. The molecular weight excluding hydrogens is 435 g/mol. The number of carbonyl (C=O) groups is 1. The van der Waals surface area contributed by atoms with E-state index in [-0.39, 0.29) is 18.4 Å². The van der Waals surface area contributed by atoms with E-state index in [0.29, 0.717) is 16.9 Å². The summed E-state index contributed by atoms with van der Waals surface area (Å²) in [5.74, 6) is -0.624. The number of carbonyl (C=O) groups excluding carboxylic acids is 1. The third-order valence-electron chi connectivity index (χ3n) is 5.01. The minimum atomic E-state index is -3.31. The molecular formula is C22H27FN4O4S. The number of hydrogen-bond donors (Lipinski definition) is 3. The highest BCUT2D eigenvalue weighted by Crippen LogP contribution is 2.25. The largest absolute Gasteiger partial charge is 0.386 e. The number of aromatic nitrogens is 2. The third-order valence-corrected chi connectivity index (χ3v) is 5.68. The van der Waals surface area contributed by atoms with Gasteiger partial charge in [0.05, 0.1) is 24.5 Å². The molecule has 3 aromatic rings. The highest BCUT2D eigenvalue weighted by Gasteiger charge is 2.24. The van der Waals surface area contributed by atoms with E-state index in [1.165, 1.54) is 0 Å². The molecule has 0 fully saturated rings. The first-order valence-corrected chi connectivity index (χ1v) is 12.0. The number of nitrogens with zero attached hydrogens (tertiary/aromatic N) is 2. The Labute approximate surface area is 186 Å². The van der Waals surface area contributed by atoms with Crippen LogP contribution in [0.3, 0.4) is 0 Å². The molecule has 2 atom stereocenters. The van der Waals surface area contributed by atoms with Crippen LogP contribution in [0, 0.1) is 5.92 Å². The Morgan fingerprint density at radius 2 is 1.88 bits per heavy atom. The van der Waals surface area contributed by atoms with E-state index < -0.39 is 28.8 Å². The van der Waals surface area contributed by atoms with Crippen molar-refractivity contribution in [2.24, 2.45) is 5.92 Å². The number of imidazole rings is 1. The van der Waals surface area contributed by atoms with E-state index in [4.69, 9.17) is 0 Å². The predicted octanol–water partition coefficient (Wildman–Crippen LogP) is 2.19. The lowest BCUT2D eigenvalue weighted by Gasteiger charge is -2.23. The van der Waals surface area contributed by atoms with E-state index in [1.807, 2.05) is 18.3 Å². The van der Waals surface area contributed by atoms with Crippen molar-refractivity contribution in [1.29, 1.82) is 0 Å². The quantitative estimate of drug-likeness (QED) is 0.451. The van der Waals surface area contributed by atoms with E-state index >= 15 is 0 Å². The molecule has 2 heterocycles. The number of sulfonamides is 1. The Hall–Kier alpha value is -2.82. The number of aliphatic hydroxyl groups is 1. The Balaban J connectivity index is 1.76. The Morgan fingerprint density at radius 3 is 2.47 bits per heavy atom. The van der Waals surface area contributed by atoms with Gasteiger partial charge in [0.15, 0.2) is 0 Å². The average molecular weight is 463 g/mol. The predicted molar refractivity (Wildman–Crippen MR) is 120 cm³/mol. The number of alkyl halides is 1. The van der Waals surface area contributed by atoms with Crippen LogP contribution in [0.2, 0.25) is 0 Å². The van der Waals surface area contributed by atoms with Crippen molar-refractivity contribution in [3.63, 3.8) is 0 Å². The highest BCUT2D eigenvalue weighted by atomic mass is 32.2. The van der Waals surface area contributed by atoms with E-state index in [2.05, 4.69) is 15.0 Å². The minimum Gasteiger partial charge on any atom is -0.386 e. The number of rotatable bonds is 9. The van der Waals surface area contributed by atoms with Crippen LogP contribution in [0.1, 0.15) is 31.2 Å². The molecule has 0 saturated carbocycles. The number of aliphatic hydroxyl groups excluding tert-OH is 1. The molecule has 0 radical (unpaired) electrons. The second-order valence-electron chi connectivity index (χ2n) is 8.00. The molecule has 0 aliphatic carbocycles. The average Bonchev–Trinajstić information content (AvgIpc) is 3.17. The molecule has 0 aliphatic heterocycles. The number of nitrogens with one attached hydrogen (secondary N) is 2. The molecule has 3 rings (SSSR count). The summed E-state index contributed by atoms with van der Waals surface area (Å²) in [5.41, 5.74) is 3.49. The van der Waals surface area contributed by atoms with Gasteiger partial charge in [-0.3, -0.25) is 4.79 Å². The van der Waals surface area contributed by atoms with Crippen molar-refractivity contribution in [3.05, 3.63) is 60.0 Å². The lowest BCUT2D eigenvalue weighted by molar-refractivity contribution is -0.125. The van der Waals surface area contributed by atoms with Crippen molar-refractivity contribution in [1.82, 2.24) is 19.4 Å². The lowest BCUT2D eigenvalue weighted by atomic mass is 9.99. The van der Waals surface area contributed by atoms with Crippen LogP contribution in [0.25, 0.3) is 16.8 Å². The number of fused-ring (bicyclic) bond motifs is 1. The molecule has 0 spiro atoms. The summed E-state index contributed by atoms with van der Waals surface area (Å²) in [4.78, 5) is 16.3. The van der Waals surface area contributed by atoms with Gasteiger partial charge in [0.2, 0.25) is 15.9 Å². The van der Waals surface area contributed by atoms with Crippen LogP contribution in [0.15, 0.2) is 48.8 Å². The third kappa shape index (κ3) is 5.90. The van der Waals surface area contributed by atoms with Crippen molar-refractivity contribution < 1.29 is 22.7 Å². The zero-order valence-electron chi connectivity index (χ0n) is 18.1. The number of pyridine rings is 1. The molecule has 2 aromatic heterocycles. The minimum absolute atomic E-state index is 0.103. The van der Waals surface area contributed by atoms with Gasteiger partial charge in [-0.2, -0.15) is 0 Å². The number of halogens is 1. The maximum atomic E-state index is 13.4. The van der Waals surface area contributed by atoms with Gasteiger partial charge in [-0.25, -0.2) is 22.5 Å². The van der Waals surface area contributed by atoms with E-state index in [0.717, 1.165) is 17.4 Å². The summed E-state index contributed by atoms with van der Waals surface area (Å²) in [6.07, 6.45) is 3.50. The summed E-state index contributed by atoms with van der Waals surface area (Å²) < 4.78 is 40.2. The SMILES string of the molecule is CC(C)C(=O)NC(CF)C(O)c1ccc(-c2ccn3cc(CNS(C)(=O)=O)nc3c2)cc1. The first kappa shape index (κ1) is 23.8. The zero-order valence-corrected chi connectivity index (χ0v) is 18.9. The van der Waals surface area contributed by atoms with Crippen LogP contribution in [-0.4, -0.2) is 47.8 Å². The first-order chi connectivity index (χ1) is 15.1. The maximum Gasteiger partial charge on any atom is 0.222 e. The molecule has 0 bridgehead atoms. The molecule has 172 valence electrons. The van der Waals surface area contributed by atoms with Crippen LogP contribution < -0.4 is 10.0 Å². The van der Waals surface area contributed by atoms with Gasteiger partial charge in [0.25, 0.3) is 0 Å². The second kappa shape index (κ2) is 9.76. The molecule has 0 aliphatic rings. The number of hydrogen-bond acceptors (Lipinski definition) is 5. The van der Waals surface area contributed by atoms with Crippen molar-refractivity contribution in [3.8, 4) is 11.1 Å². The standard InChI is InChI=1S/C22H27FN4O4S/c1-14(2)22(29)26-19(11-23)21(28)16-6-4-15(5-7-16)17-8-9-27-13-18(25-20(27)10-17)12-24-32(3,30)31/h4-10,13-14,19,21,24,28H,11-12H2,1-3H3,(H,26,29). The van der Waals surface area contributed by atoms with Crippen LogP contribution in [0.4, 0.5) is 4.39 Å². The lowest BCUT2D eigenvalue weighted by Crippen LogP contribution is -2.42. The topological polar surface area (TPSA) is 113 Å². The van der Waals surface area contributed by atoms with Crippen molar-refractivity contribution in [2.75, 3.05) is 12.9 Å². The molecule has 32 heavy (non-hydrogen) atoms. The van der Waals surface area contributed by atoms with Gasteiger partial charge < -0.3 is 14.8 Å². The van der Waals surface area contributed by atoms with Gasteiger partial charge in [0, 0.05) is 18.3 Å². The van der Waals surface area contributed by atoms with Gasteiger partial charge >= 0.3 is 0 Å². The summed E-state index contributed by atoms with van der Waals surface area (Å²) in [5, 5.41) is 13.0. The molecule has 1 aromatic carbocycles. The molecule has 8 nitrogen and oxygen atoms in total.